The Bertz CT molecular complexity index is 1140. The van der Waals surface area contributed by atoms with Crippen LogP contribution in [0.5, 0.6) is 5.75 Å². The Kier molecular flexibility index (Phi) is 5.72. The number of ether oxygens (including phenoxy) is 1. The van der Waals surface area contributed by atoms with Gasteiger partial charge in [0.05, 0.1) is 17.8 Å². The average Bonchev–Trinajstić information content (AvgIpc) is 3.49. The van der Waals surface area contributed by atoms with Crippen LogP contribution in [0.15, 0.2) is 36.7 Å². The van der Waals surface area contributed by atoms with Gasteiger partial charge in [-0.15, -0.1) is 0 Å². The molecule has 1 saturated carbocycles. The van der Waals surface area contributed by atoms with Crippen LogP contribution in [-0.4, -0.2) is 53.5 Å². The summed E-state index contributed by atoms with van der Waals surface area (Å²) in [5, 5.41) is 0.580. The number of fused-ring (bicyclic) bond motifs is 1. The van der Waals surface area contributed by atoms with Gasteiger partial charge in [-0.2, -0.15) is 0 Å². The van der Waals surface area contributed by atoms with E-state index in [2.05, 4.69) is 28.1 Å². The summed E-state index contributed by atoms with van der Waals surface area (Å²) in [6, 6.07) is 8.11. The molecular weight excluding hydrogens is 424 g/mol. The number of amides is 1. The molecule has 5 rings (SSSR count). The highest BCUT2D eigenvalue weighted by atomic mass is 35.5. The zero-order chi connectivity index (χ0) is 22.2. The fraction of sp³-hybridized carbons (Fsp3) is 0.440. The number of carbonyl (C=O) groups excluding carboxylic acids is 1. The van der Waals surface area contributed by atoms with E-state index in [9.17, 15) is 4.79 Å². The maximum atomic E-state index is 12.7. The molecule has 32 heavy (non-hydrogen) atoms. The lowest BCUT2D eigenvalue weighted by molar-refractivity contribution is -0.135. The van der Waals surface area contributed by atoms with E-state index in [0.717, 1.165) is 67.2 Å². The molecule has 168 valence electrons. The van der Waals surface area contributed by atoms with Gasteiger partial charge in [-0.1, -0.05) is 24.4 Å². The Morgan fingerprint density at radius 2 is 1.88 bits per heavy atom. The molecule has 0 spiro atoms. The van der Waals surface area contributed by atoms with Crippen LogP contribution in [0.3, 0.4) is 0 Å². The predicted molar refractivity (Wildman–Crippen MR) is 128 cm³/mol. The summed E-state index contributed by atoms with van der Waals surface area (Å²) < 4.78 is 7.36. The molecule has 0 bridgehead atoms. The quantitative estimate of drug-likeness (QED) is 0.570. The highest BCUT2D eigenvalue weighted by Gasteiger charge is 2.29. The molecule has 6 nitrogen and oxygen atoms in total. The van der Waals surface area contributed by atoms with Crippen molar-refractivity contribution >= 4 is 28.8 Å². The number of halogens is 1. The molecule has 1 amide bonds. The van der Waals surface area contributed by atoms with E-state index in [4.69, 9.17) is 21.3 Å². The van der Waals surface area contributed by atoms with E-state index in [-0.39, 0.29) is 5.92 Å². The van der Waals surface area contributed by atoms with E-state index in [1.54, 1.807) is 7.11 Å². The van der Waals surface area contributed by atoms with Gasteiger partial charge in [-0.25, -0.2) is 4.98 Å². The fourth-order valence-corrected chi connectivity index (χ4v) is 5.24. The first-order valence-electron chi connectivity index (χ1n) is 11.4. The summed E-state index contributed by atoms with van der Waals surface area (Å²) in [5.41, 5.74) is 5.00. The first-order valence-corrected chi connectivity index (χ1v) is 11.8. The smallest absolute Gasteiger partial charge is 0.225 e. The number of benzene rings is 1. The molecule has 2 aliphatic rings. The van der Waals surface area contributed by atoms with Crippen LogP contribution in [0.4, 0.5) is 5.69 Å². The van der Waals surface area contributed by atoms with Gasteiger partial charge in [0.15, 0.2) is 0 Å². The van der Waals surface area contributed by atoms with Gasteiger partial charge in [0, 0.05) is 61.8 Å². The molecule has 0 unspecified atom stereocenters. The summed E-state index contributed by atoms with van der Waals surface area (Å²) >= 11 is 6.36. The van der Waals surface area contributed by atoms with E-state index in [0.29, 0.717) is 16.7 Å². The molecule has 1 saturated heterocycles. The van der Waals surface area contributed by atoms with Gasteiger partial charge < -0.3 is 18.9 Å². The van der Waals surface area contributed by atoms with E-state index < -0.39 is 0 Å². The monoisotopic (exact) mass is 452 g/mol. The molecule has 7 heteroatoms. The highest BCUT2D eigenvalue weighted by Crippen LogP contribution is 2.33. The second-order valence-electron chi connectivity index (χ2n) is 8.87. The molecule has 0 atom stereocenters. The van der Waals surface area contributed by atoms with Crippen molar-refractivity contribution in [2.24, 2.45) is 5.92 Å². The van der Waals surface area contributed by atoms with E-state index >= 15 is 0 Å². The van der Waals surface area contributed by atoms with Crippen LogP contribution in [0.25, 0.3) is 16.9 Å². The van der Waals surface area contributed by atoms with Crippen LogP contribution in [0.1, 0.15) is 31.2 Å². The van der Waals surface area contributed by atoms with Crippen LogP contribution < -0.4 is 9.64 Å². The van der Waals surface area contributed by atoms with Crippen LogP contribution in [0.2, 0.25) is 5.02 Å². The molecule has 0 radical (unpaired) electrons. The molecule has 3 aromatic rings. The Hall–Kier alpha value is -2.73. The number of methoxy groups -OCH3 is 1. The minimum absolute atomic E-state index is 0.260. The second kappa shape index (κ2) is 8.66. The third kappa shape index (κ3) is 3.92. The number of imidazole rings is 1. The van der Waals surface area contributed by atoms with E-state index in [1.807, 2.05) is 29.7 Å². The number of hydrogen-bond acceptors (Lipinski definition) is 4. The molecule has 2 aromatic heterocycles. The van der Waals surface area contributed by atoms with Gasteiger partial charge in [0.1, 0.15) is 11.4 Å². The first-order chi connectivity index (χ1) is 15.5. The molecular formula is C25H29ClN4O2. The van der Waals surface area contributed by atoms with Crippen molar-refractivity contribution < 1.29 is 9.53 Å². The van der Waals surface area contributed by atoms with Gasteiger partial charge >= 0.3 is 0 Å². The number of rotatable bonds is 4. The third-order valence-electron chi connectivity index (χ3n) is 6.88. The molecule has 2 fully saturated rings. The second-order valence-corrected chi connectivity index (χ2v) is 9.28. The lowest BCUT2D eigenvalue weighted by Crippen LogP contribution is -2.50. The topological polar surface area (TPSA) is 50.1 Å². The number of carbonyl (C=O) groups is 1. The summed E-state index contributed by atoms with van der Waals surface area (Å²) in [6.45, 7) is 5.34. The van der Waals surface area contributed by atoms with Gasteiger partial charge in [-0.3, -0.25) is 4.79 Å². The lowest BCUT2D eigenvalue weighted by Gasteiger charge is -2.37. The maximum Gasteiger partial charge on any atom is 0.225 e. The first kappa shape index (κ1) is 21.1. The zero-order valence-electron chi connectivity index (χ0n) is 18.7. The summed E-state index contributed by atoms with van der Waals surface area (Å²) in [6.07, 6.45) is 8.61. The lowest BCUT2D eigenvalue weighted by atomic mass is 10.1. The minimum atomic E-state index is 0.260. The number of nitrogens with zero attached hydrogens (tertiary/aromatic N) is 4. The molecule has 0 N–H and O–H groups in total. The number of hydrogen-bond donors (Lipinski definition) is 0. The summed E-state index contributed by atoms with van der Waals surface area (Å²) in [4.78, 5) is 22.0. The number of anilines is 1. The molecule has 1 aliphatic heterocycles. The number of aryl methyl sites for hydroxylation is 1. The normalized spacial score (nSPS) is 17.3. The Morgan fingerprint density at radius 1 is 1.12 bits per heavy atom. The van der Waals surface area contributed by atoms with Crippen LogP contribution in [0, 0.1) is 12.8 Å². The van der Waals surface area contributed by atoms with Gasteiger partial charge in [0.2, 0.25) is 5.91 Å². The maximum absolute atomic E-state index is 12.7. The standard InChI is InChI=1S/C25H29ClN4O2/c1-17-13-23(32-2)21(26)15-20(17)22-16-30-8-7-19(14-24(30)27-22)28-9-11-29(12-10-28)25(31)18-5-3-4-6-18/h7-8,13-16,18H,3-6,9-12H2,1-2H3. The zero-order valence-corrected chi connectivity index (χ0v) is 19.4. The van der Waals surface area contributed by atoms with Gasteiger partial charge in [0.25, 0.3) is 0 Å². The van der Waals surface area contributed by atoms with Crippen molar-refractivity contribution in [3.63, 3.8) is 0 Å². The predicted octanol–water partition coefficient (Wildman–Crippen LogP) is 4.81. The van der Waals surface area contributed by atoms with Crippen LogP contribution >= 0.6 is 11.6 Å². The van der Waals surface area contributed by atoms with Crippen molar-refractivity contribution in [2.45, 2.75) is 32.6 Å². The van der Waals surface area contributed by atoms with Crippen molar-refractivity contribution in [1.29, 1.82) is 0 Å². The number of piperazine rings is 1. The van der Waals surface area contributed by atoms with Crippen molar-refractivity contribution in [3.8, 4) is 17.0 Å². The Morgan fingerprint density at radius 3 is 2.59 bits per heavy atom. The summed E-state index contributed by atoms with van der Waals surface area (Å²) in [5.74, 6) is 1.30. The van der Waals surface area contributed by atoms with Crippen molar-refractivity contribution in [3.05, 3.63) is 47.2 Å². The van der Waals surface area contributed by atoms with E-state index in [1.165, 1.54) is 12.8 Å². The SMILES string of the molecule is COc1cc(C)c(-c2cn3ccc(N4CCN(C(=O)C5CCCC5)CC4)cc3n2)cc1Cl. The van der Waals surface area contributed by atoms with Gasteiger partial charge in [-0.05, 0) is 43.5 Å². The van der Waals surface area contributed by atoms with Crippen molar-refractivity contribution in [1.82, 2.24) is 14.3 Å². The largest absolute Gasteiger partial charge is 0.495 e. The highest BCUT2D eigenvalue weighted by molar-refractivity contribution is 6.32. The number of pyridine rings is 1. The van der Waals surface area contributed by atoms with Crippen molar-refractivity contribution in [2.75, 3.05) is 38.2 Å². The Balaban J connectivity index is 1.33. The Labute approximate surface area is 193 Å². The molecule has 1 aliphatic carbocycles. The molecule has 3 heterocycles. The minimum Gasteiger partial charge on any atom is -0.495 e. The fourth-order valence-electron chi connectivity index (χ4n) is 5.00. The third-order valence-corrected chi connectivity index (χ3v) is 7.17. The molecule has 1 aromatic carbocycles. The van der Waals surface area contributed by atoms with Crippen LogP contribution in [-0.2, 0) is 4.79 Å². The summed E-state index contributed by atoms with van der Waals surface area (Å²) in [7, 11) is 1.62. The average molecular weight is 453 g/mol. The number of aromatic nitrogens is 2.